The molecule has 0 heterocycles. The zero-order valence-corrected chi connectivity index (χ0v) is 12.9. The van der Waals surface area contributed by atoms with Gasteiger partial charge in [-0.2, -0.15) is 0 Å². The van der Waals surface area contributed by atoms with Gasteiger partial charge in [-0.15, -0.1) is 0 Å². The van der Waals surface area contributed by atoms with E-state index >= 15 is 0 Å². The van der Waals surface area contributed by atoms with Crippen LogP contribution in [0.1, 0.15) is 24.2 Å². The zero-order valence-electron chi connectivity index (χ0n) is 12.1. The largest absolute Gasteiger partial charge is 0.465 e. The monoisotopic (exact) mass is 314 g/mol. The van der Waals surface area contributed by atoms with Gasteiger partial charge in [-0.05, 0) is 32.0 Å². The Morgan fingerprint density at radius 2 is 1.86 bits per heavy atom. The van der Waals surface area contributed by atoms with Gasteiger partial charge in [0.1, 0.15) is 0 Å². The predicted molar refractivity (Wildman–Crippen MR) is 76.4 cm³/mol. The summed E-state index contributed by atoms with van der Waals surface area (Å²) in [6.45, 7) is 4.27. The molecule has 1 aromatic rings. The molecule has 0 aliphatic rings. The minimum Gasteiger partial charge on any atom is -0.465 e. The molecule has 2 amide bonds. The lowest BCUT2D eigenvalue weighted by atomic mass is 10.2. The summed E-state index contributed by atoms with van der Waals surface area (Å²) in [4.78, 5) is 24.4. The van der Waals surface area contributed by atoms with Crippen molar-refractivity contribution in [3.63, 3.8) is 0 Å². The second-order valence-corrected chi connectivity index (χ2v) is 5.78. The van der Waals surface area contributed by atoms with Crippen molar-refractivity contribution in [3.05, 3.63) is 29.8 Å². The number of nitrogens with zero attached hydrogens (tertiary/aromatic N) is 1. The van der Waals surface area contributed by atoms with Gasteiger partial charge in [0.15, 0.2) is 0 Å². The van der Waals surface area contributed by atoms with E-state index in [2.05, 4.69) is 4.74 Å². The fraction of sp³-hybridized carbons (Fsp3) is 0.385. The highest BCUT2D eigenvalue weighted by molar-refractivity contribution is 7.90. The van der Waals surface area contributed by atoms with Crippen molar-refractivity contribution in [1.82, 2.24) is 9.62 Å². The molecule has 116 valence electrons. The fourth-order valence-corrected chi connectivity index (χ4v) is 2.67. The summed E-state index contributed by atoms with van der Waals surface area (Å²) in [5, 5.41) is 0. The summed E-state index contributed by atoms with van der Waals surface area (Å²) in [6, 6.07) is 4.58. The minimum absolute atomic E-state index is 0.0932. The number of nitrogens with one attached hydrogen (secondary N) is 1. The average molecular weight is 314 g/mol. The Labute approximate surface area is 123 Å². The maximum Gasteiger partial charge on any atom is 0.337 e. The van der Waals surface area contributed by atoms with E-state index in [0.29, 0.717) is 13.1 Å². The smallest absolute Gasteiger partial charge is 0.337 e. The third kappa shape index (κ3) is 4.19. The maximum atomic E-state index is 12.1. The third-order valence-corrected chi connectivity index (χ3v) is 4.16. The van der Waals surface area contributed by atoms with E-state index in [9.17, 15) is 18.0 Å². The molecule has 7 nitrogen and oxygen atoms in total. The first-order valence-electron chi connectivity index (χ1n) is 6.35. The molecule has 0 aromatic heterocycles. The second kappa shape index (κ2) is 7.07. The summed E-state index contributed by atoms with van der Waals surface area (Å²) >= 11 is 0. The molecule has 1 N–H and O–H groups in total. The van der Waals surface area contributed by atoms with Crippen molar-refractivity contribution in [3.8, 4) is 0 Å². The molecule has 0 spiro atoms. The first-order chi connectivity index (χ1) is 9.85. The van der Waals surface area contributed by atoms with Gasteiger partial charge in [0, 0.05) is 13.1 Å². The van der Waals surface area contributed by atoms with Crippen LogP contribution in [0.2, 0.25) is 0 Å². The molecule has 0 aliphatic carbocycles. The fourth-order valence-electron chi connectivity index (χ4n) is 1.66. The molecule has 0 atom stereocenters. The van der Waals surface area contributed by atoms with Crippen molar-refractivity contribution in [2.24, 2.45) is 0 Å². The number of hydrogen-bond donors (Lipinski definition) is 1. The number of methoxy groups -OCH3 is 1. The summed E-state index contributed by atoms with van der Waals surface area (Å²) in [5.41, 5.74) is 0.0932. The highest BCUT2D eigenvalue weighted by Crippen LogP contribution is 2.12. The quantitative estimate of drug-likeness (QED) is 0.825. The number of urea groups is 1. The molecule has 8 heteroatoms. The van der Waals surface area contributed by atoms with E-state index in [0.717, 1.165) is 6.07 Å². The number of ether oxygens (including phenoxy) is 1. The lowest BCUT2D eigenvalue weighted by Crippen LogP contribution is -2.42. The molecule has 1 aromatic carbocycles. The molecule has 0 bridgehead atoms. The molecular weight excluding hydrogens is 296 g/mol. The van der Waals surface area contributed by atoms with Gasteiger partial charge < -0.3 is 9.64 Å². The Bertz CT molecular complexity index is 623. The number of amides is 2. The highest BCUT2D eigenvalue weighted by atomic mass is 32.2. The van der Waals surface area contributed by atoms with E-state index < -0.39 is 22.0 Å². The molecule has 21 heavy (non-hydrogen) atoms. The Balaban J connectivity index is 3.03. The Morgan fingerprint density at radius 1 is 1.24 bits per heavy atom. The normalized spacial score (nSPS) is 10.8. The molecule has 0 radical (unpaired) electrons. The maximum absolute atomic E-state index is 12.1. The standard InChI is InChI=1S/C13H18N2O5S/c1-4-15(5-2)13(17)14-21(18,19)11-8-6-7-10(9-11)12(16)20-3/h6-9H,4-5H2,1-3H3,(H,14,17). The van der Waals surface area contributed by atoms with Crippen LogP contribution in [0.4, 0.5) is 4.79 Å². The van der Waals surface area contributed by atoms with Crippen LogP contribution < -0.4 is 4.72 Å². The number of carbonyl (C=O) groups excluding carboxylic acids is 2. The van der Waals surface area contributed by atoms with Gasteiger partial charge in [0.05, 0.1) is 17.6 Å². The summed E-state index contributed by atoms with van der Waals surface area (Å²) in [7, 11) is -2.84. The van der Waals surface area contributed by atoms with E-state index in [1.807, 2.05) is 4.72 Å². The van der Waals surface area contributed by atoms with Gasteiger partial charge >= 0.3 is 12.0 Å². The lowest BCUT2D eigenvalue weighted by molar-refractivity contribution is 0.0600. The molecule has 0 saturated heterocycles. The van der Waals surface area contributed by atoms with E-state index in [4.69, 9.17) is 0 Å². The first kappa shape index (κ1) is 17.0. The minimum atomic E-state index is -4.04. The van der Waals surface area contributed by atoms with E-state index in [1.165, 1.54) is 30.2 Å². The van der Waals surface area contributed by atoms with Gasteiger partial charge in [0.25, 0.3) is 10.0 Å². The van der Waals surface area contributed by atoms with Gasteiger partial charge in [-0.1, -0.05) is 6.07 Å². The molecular formula is C13H18N2O5S. The topological polar surface area (TPSA) is 92.8 Å². The number of rotatable bonds is 5. The van der Waals surface area contributed by atoms with Gasteiger partial charge in [-0.3, -0.25) is 0 Å². The second-order valence-electron chi connectivity index (χ2n) is 4.10. The Kier molecular flexibility index (Phi) is 5.71. The van der Waals surface area contributed by atoms with Crippen molar-refractivity contribution in [2.45, 2.75) is 18.7 Å². The SMILES string of the molecule is CCN(CC)C(=O)NS(=O)(=O)c1cccc(C(=O)OC)c1. The number of carbonyl (C=O) groups is 2. The van der Waals surface area contributed by atoms with Crippen LogP contribution in [-0.2, 0) is 14.8 Å². The van der Waals surface area contributed by atoms with Crippen molar-refractivity contribution in [2.75, 3.05) is 20.2 Å². The number of hydrogen-bond acceptors (Lipinski definition) is 5. The van der Waals surface area contributed by atoms with Crippen LogP contribution in [0.15, 0.2) is 29.2 Å². The molecule has 1 rings (SSSR count). The predicted octanol–water partition coefficient (Wildman–Crippen LogP) is 1.21. The number of esters is 1. The van der Waals surface area contributed by atoms with Gasteiger partial charge in [-0.25, -0.2) is 22.7 Å². The van der Waals surface area contributed by atoms with Crippen molar-refractivity contribution in [1.29, 1.82) is 0 Å². The summed E-state index contributed by atoms with van der Waals surface area (Å²) in [5.74, 6) is -0.651. The Hall–Kier alpha value is -2.09. The van der Waals surface area contributed by atoms with Crippen LogP contribution in [0.3, 0.4) is 0 Å². The third-order valence-electron chi connectivity index (χ3n) is 2.84. The van der Waals surface area contributed by atoms with Crippen LogP contribution >= 0.6 is 0 Å². The number of benzene rings is 1. The highest BCUT2D eigenvalue weighted by Gasteiger charge is 2.21. The first-order valence-corrected chi connectivity index (χ1v) is 7.84. The molecule has 0 saturated carbocycles. The van der Waals surface area contributed by atoms with Crippen LogP contribution in [0.25, 0.3) is 0 Å². The van der Waals surface area contributed by atoms with Crippen molar-refractivity contribution >= 4 is 22.0 Å². The van der Waals surface area contributed by atoms with Crippen LogP contribution in [0.5, 0.6) is 0 Å². The molecule has 0 aliphatic heterocycles. The van der Waals surface area contributed by atoms with Crippen LogP contribution in [-0.4, -0.2) is 45.5 Å². The number of sulfonamides is 1. The van der Waals surface area contributed by atoms with E-state index in [1.54, 1.807) is 13.8 Å². The van der Waals surface area contributed by atoms with Crippen LogP contribution in [0, 0.1) is 0 Å². The molecule has 0 fully saturated rings. The summed E-state index contributed by atoms with van der Waals surface area (Å²) < 4.78 is 30.8. The lowest BCUT2D eigenvalue weighted by Gasteiger charge is -2.19. The summed E-state index contributed by atoms with van der Waals surface area (Å²) in [6.07, 6.45) is 0. The Morgan fingerprint density at radius 3 is 2.38 bits per heavy atom. The van der Waals surface area contributed by atoms with E-state index in [-0.39, 0.29) is 10.5 Å². The molecule has 0 unspecified atom stereocenters. The average Bonchev–Trinajstić information content (AvgIpc) is 2.47. The zero-order chi connectivity index (χ0) is 16.0. The van der Waals surface area contributed by atoms with Crippen molar-refractivity contribution < 1.29 is 22.7 Å². The van der Waals surface area contributed by atoms with Gasteiger partial charge in [0.2, 0.25) is 0 Å².